The van der Waals surface area contributed by atoms with Crippen LogP contribution in [0.3, 0.4) is 0 Å². The molecule has 2 aromatic carbocycles. The first-order chi connectivity index (χ1) is 14.6. The molecule has 0 aliphatic carbocycles. The van der Waals surface area contributed by atoms with Gasteiger partial charge in [0.05, 0.1) is 0 Å². The SMILES string of the molecule is CSc1nccn1-c1ccc(C(=O)N2CCC(C(=O)c3ccc(C)cc3)CC2)cc1. The number of ketones is 1. The summed E-state index contributed by atoms with van der Waals surface area (Å²) >= 11 is 1.58. The first kappa shape index (κ1) is 20.4. The number of carbonyl (C=O) groups is 2. The number of hydrogen-bond acceptors (Lipinski definition) is 4. The van der Waals surface area contributed by atoms with E-state index in [0.717, 1.165) is 22.0 Å². The van der Waals surface area contributed by atoms with Crippen LogP contribution in [-0.4, -0.2) is 45.5 Å². The Labute approximate surface area is 181 Å². The van der Waals surface area contributed by atoms with Crippen molar-refractivity contribution in [1.29, 1.82) is 0 Å². The highest BCUT2D eigenvalue weighted by Gasteiger charge is 2.28. The monoisotopic (exact) mass is 419 g/mol. The molecular formula is C24H25N3O2S. The lowest BCUT2D eigenvalue weighted by atomic mass is 9.88. The molecule has 0 radical (unpaired) electrons. The van der Waals surface area contributed by atoms with Gasteiger partial charge >= 0.3 is 0 Å². The third-order valence-corrected chi connectivity index (χ3v) is 6.34. The molecule has 0 unspecified atom stereocenters. The molecule has 4 rings (SSSR count). The number of hydrogen-bond donors (Lipinski definition) is 0. The zero-order chi connectivity index (χ0) is 21.1. The van der Waals surface area contributed by atoms with Gasteiger partial charge in [-0.3, -0.25) is 14.2 Å². The summed E-state index contributed by atoms with van der Waals surface area (Å²) in [6, 6.07) is 15.4. The Morgan fingerprint density at radius 1 is 0.967 bits per heavy atom. The summed E-state index contributed by atoms with van der Waals surface area (Å²) in [5.74, 6) is 0.209. The van der Waals surface area contributed by atoms with Gasteiger partial charge in [0.2, 0.25) is 0 Å². The van der Waals surface area contributed by atoms with Crippen LogP contribution in [0.2, 0.25) is 0 Å². The minimum atomic E-state index is -0.00895. The minimum absolute atomic E-state index is 0.00895. The summed E-state index contributed by atoms with van der Waals surface area (Å²) < 4.78 is 2.00. The van der Waals surface area contributed by atoms with Crippen LogP contribution < -0.4 is 0 Å². The van der Waals surface area contributed by atoms with Crippen LogP contribution in [-0.2, 0) is 0 Å². The number of Topliss-reactive ketones (excluding diaryl/α,β-unsaturated/α-hetero) is 1. The molecule has 1 aromatic heterocycles. The van der Waals surface area contributed by atoms with E-state index in [1.54, 1.807) is 18.0 Å². The van der Waals surface area contributed by atoms with Gasteiger partial charge in [0.1, 0.15) is 0 Å². The Balaban J connectivity index is 1.38. The molecule has 1 amide bonds. The largest absolute Gasteiger partial charge is 0.339 e. The third kappa shape index (κ3) is 4.19. The van der Waals surface area contributed by atoms with Gasteiger partial charge in [-0.15, -0.1) is 0 Å². The number of amides is 1. The number of aryl methyl sites for hydroxylation is 1. The number of nitrogens with zero attached hydrogens (tertiary/aromatic N) is 3. The van der Waals surface area contributed by atoms with Crippen molar-refractivity contribution in [3.05, 3.63) is 77.6 Å². The Bertz CT molecular complexity index is 1030. The van der Waals surface area contributed by atoms with Crippen LogP contribution in [0.5, 0.6) is 0 Å². The van der Waals surface area contributed by atoms with Crippen molar-refractivity contribution in [2.24, 2.45) is 5.92 Å². The summed E-state index contributed by atoms with van der Waals surface area (Å²) in [7, 11) is 0. The highest BCUT2D eigenvalue weighted by molar-refractivity contribution is 7.98. The maximum atomic E-state index is 12.9. The summed E-state index contributed by atoms with van der Waals surface area (Å²) in [6.45, 7) is 3.24. The second-order valence-corrected chi connectivity index (χ2v) is 8.40. The molecular weight excluding hydrogens is 394 g/mol. The summed E-state index contributed by atoms with van der Waals surface area (Å²) in [6.07, 6.45) is 7.10. The number of piperidine rings is 1. The highest BCUT2D eigenvalue weighted by Crippen LogP contribution is 2.24. The van der Waals surface area contributed by atoms with Crippen molar-refractivity contribution >= 4 is 23.5 Å². The minimum Gasteiger partial charge on any atom is -0.339 e. The van der Waals surface area contributed by atoms with E-state index in [2.05, 4.69) is 4.98 Å². The van der Waals surface area contributed by atoms with E-state index in [9.17, 15) is 9.59 Å². The zero-order valence-corrected chi connectivity index (χ0v) is 18.1. The van der Waals surface area contributed by atoms with Crippen LogP contribution in [0.25, 0.3) is 5.69 Å². The van der Waals surface area contributed by atoms with E-state index >= 15 is 0 Å². The van der Waals surface area contributed by atoms with Gasteiger partial charge in [0.15, 0.2) is 10.9 Å². The molecule has 6 heteroatoms. The van der Waals surface area contributed by atoms with Crippen LogP contribution in [0, 0.1) is 12.8 Å². The third-order valence-electron chi connectivity index (χ3n) is 5.67. The molecule has 1 saturated heterocycles. The Hall–Kier alpha value is -2.86. The van der Waals surface area contributed by atoms with Gasteiger partial charge in [0.25, 0.3) is 5.91 Å². The fourth-order valence-corrected chi connectivity index (χ4v) is 4.41. The maximum absolute atomic E-state index is 12.9. The number of imidazole rings is 1. The predicted octanol–water partition coefficient (Wildman–Crippen LogP) is 4.64. The summed E-state index contributed by atoms with van der Waals surface area (Å²) in [4.78, 5) is 31.8. The summed E-state index contributed by atoms with van der Waals surface area (Å²) in [5, 5.41) is 0.911. The van der Waals surface area contributed by atoms with Crippen molar-refractivity contribution in [1.82, 2.24) is 14.5 Å². The lowest BCUT2D eigenvalue weighted by Crippen LogP contribution is -2.40. The first-order valence-corrected chi connectivity index (χ1v) is 11.4. The normalized spacial score (nSPS) is 14.7. The molecule has 1 fully saturated rings. The molecule has 0 N–H and O–H groups in total. The van der Waals surface area contributed by atoms with Crippen molar-refractivity contribution < 1.29 is 9.59 Å². The van der Waals surface area contributed by atoms with Gasteiger partial charge in [-0.1, -0.05) is 41.6 Å². The fraction of sp³-hybridized carbons (Fsp3) is 0.292. The topological polar surface area (TPSA) is 55.2 Å². The van der Waals surface area contributed by atoms with Gasteiger partial charge in [-0.2, -0.15) is 0 Å². The second-order valence-electron chi connectivity index (χ2n) is 7.63. The van der Waals surface area contributed by atoms with Crippen LogP contribution in [0.4, 0.5) is 0 Å². The Kier molecular flexibility index (Phi) is 6.04. The predicted molar refractivity (Wildman–Crippen MR) is 119 cm³/mol. The van der Waals surface area contributed by atoms with E-state index < -0.39 is 0 Å². The van der Waals surface area contributed by atoms with Gasteiger partial charge in [0, 0.05) is 48.2 Å². The van der Waals surface area contributed by atoms with Gasteiger partial charge < -0.3 is 4.90 Å². The lowest BCUT2D eigenvalue weighted by Gasteiger charge is -2.31. The number of aromatic nitrogens is 2. The van der Waals surface area contributed by atoms with Crippen molar-refractivity contribution in [3.8, 4) is 5.69 Å². The average Bonchev–Trinajstić information content (AvgIpc) is 3.28. The smallest absolute Gasteiger partial charge is 0.253 e. The van der Waals surface area contributed by atoms with E-state index in [0.29, 0.717) is 31.5 Å². The van der Waals surface area contributed by atoms with Crippen LogP contribution >= 0.6 is 11.8 Å². The first-order valence-electron chi connectivity index (χ1n) is 10.1. The fourth-order valence-electron chi connectivity index (χ4n) is 3.88. The number of carbonyl (C=O) groups excluding carboxylic acids is 2. The molecule has 0 saturated carbocycles. The Morgan fingerprint density at radius 2 is 1.60 bits per heavy atom. The molecule has 0 spiro atoms. The molecule has 1 aliphatic heterocycles. The molecule has 3 aromatic rings. The lowest BCUT2D eigenvalue weighted by molar-refractivity contribution is 0.0650. The van der Waals surface area contributed by atoms with Crippen LogP contribution in [0.15, 0.2) is 66.1 Å². The second kappa shape index (κ2) is 8.88. The molecule has 5 nitrogen and oxygen atoms in total. The van der Waals surface area contributed by atoms with E-state index in [1.165, 1.54) is 0 Å². The molecule has 154 valence electrons. The maximum Gasteiger partial charge on any atom is 0.253 e. The summed E-state index contributed by atoms with van der Waals surface area (Å²) in [5.41, 5.74) is 3.57. The van der Waals surface area contributed by atoms with Crippen LogP contribution in [0.1, 0.15) is 39.1 Å². The van der Waals surface area contributed by atoms with Gasteiger partial charge in [-0.05, 0) is 50.3 Å². The number of thioether (sulfide) groups is 1. The average molecular weight is 420 g/mol. The van der Waals surface area contributed by atoms with Gasteiger partial charge in [-0.25, -0.2) is 4.98 Å². The zero-order valence-electron chi connectivity index (χ0n) is 17.2. The number of likely N-dealkylation sites (tertiary alicyclic amines) is 1. The van der Waals surface area contributed by atoms with Crippen molar-refractivity contribution in [2.45, 2.75) is 24.9 Å². The molecule has 2 heterocycles. The van der Waals surface area contributed by atoms with E-state index in [-0.39, 0.29) is 17.6 Å². The quantitative estimate of drug-likeness (QED) is 0.447. The molecule has 0 atom stereocenters. The standard InChI is InChI=1S/C24H25N3O2S/c1-17-3-5-18(6-4-17)22(28)19-11-14-26(15-12-19)23(29)20-7-9-21(10-8-20)27-16-13-25-24(27)30-2/h3-10,13,16,19H,11-12,14-15H2,1-2H3. The molecule has 1 aliphatic rings. The number of rotatable bonds is 5. The highest BCUT2D eigenvalue weighted by atomic mass is 32.2. The van der Waals surface area contributed by atoms with E-state index in [1.807, 2.05) is 77.4 Å². The van der Waals surface area contributed by atoms with E-state index in [4.69, 9.17) is 0 Å². The van der Waals surface area contributed by atoms with Crippen molar-refractivity contribution in [2.75, 3.05) is 19.3 Å². The molecule has 0 bridgehead atoms. The molecule has 30 heavy (non-hydrogen) atoms. The van der Waals surface area contributed by atoms with Crippen molar-refractivity contribution in [3.63, 3.8) is 0 Å². The number of benzene rings is 2. The Morgan fingerprint density at radius 3 is 2.23 bits per heavy atom.